The molecule has 3 nitrogen and oxygen atoms in total. The lowest BCUT2D eigenvalue weighted by Crippen LogP contribution is -2.45. The maximum Gasteiger partial charge on any atom is 0.263 e. The third-order valence-corrected chi connectivity index (χ3v) is 5.11. The summed E-state index contributed by atoms with van der Waals surface area (Å²) >= 11 is 1.61. The number of rotatable bonds is 4. The molecule has 104 valence electrons. The minimum Gasteiger partial charge on any atom is -0.338 e. The fraction of sp³-hybridized carbons (Fsp3) is 0.667. The monoisotopic (exact) mass is 278 g/mol. The number of amides is 1. The van der Waals surface area contributed by atoms with Crippen LogP contribution in [0.15, 0.2) is 12.1 Å². The third-order valence-electron chi connectivity index (χ3n) is 4.13. The summed E-state index contributed by atoms with van der Waals surface area (Å²) in [4.78, 5) is 16.4. The van der Waals surface area contributed by atoms with Gasteiger partial charge in [0.05, 0.1) is 4.88 Å². The summed E-state index contributed by atoms with van der Waals surface area (Å²) in [5.41, 5.74) is 0. The Morgan fingerprint density at radius 1 is 1.32 bits per heavy atom. The van der Waals surface area contributed by atoms with Gasteiger partial charge in [0.25, 0.3) is 5.91 Å². The van der Waals surface area contributed by atoms with Gasteiger partial charge in [0, 0.05) is 24.0 Å². The van der Waals surface area contributed by atoms with Crippen molar-refractivity contribution in [3.63, 3.8) is 0 Å². The average Bonchev–Trinajstić information content (AvgIpc) is 3.17. The van der Waals surface area contributed by atoms with Gasteiger partial charge in [-0.1, -0.05) is 0 Å². The molecule has 1 saturated carbocycles. The lowest BCUT2D eigenvalue weighted by atomic mass is 10.0. The second-order valence-corrected chi connectivity index (χ2v) is 7.12. The zero-order valence-corrected chi connectivity index (χ0v) is 12.3. The third kappa shape index (κ3) is 3.37. The zero-order valence-electron chi connectivity index (χ0n) is 11.5. The highest BCUT2D eigenvalue weighted by Crippen LogP contribution is 2.28. The number of likely N-dealkylation sites (tertiary alicyclic amines) is 1. The lowest BCUT2D eigenvalue weighted by Gasteiger charge is -2.32. The molecule has 1 amide bonds. The Morgan fingerprint density at radius 2 is 2.05 bits per heavy atom. The van der Waals surface area contributed by atoms with E-state index in [-0.39, 0.29) is 5.91 Å². The summed E-state index contributed by atoms with van der Waals surface area (Å²) in [6.07, 6.45) is 5.01. The van der Waals surface area contributed by atoms with E-state index in [1.54, 1.807) is 11.3 Å². The quantitative estimate of drug-likeness (QED) is 0.918. The van der Waals surface area contributed by atoms with E-state index >= 15 is 0 Å². The first kappa shape index (κ1) is 13.1. The molecule has 2 aliphatic rings. The zero-order chi connectivity index (χ0) is 13.2. The smallest absolute Gasteiger partial charge is 0.263 e. The van der Waals surface area contributed by atoms with Gasteiger partial charge >= 0.3 is 0 Å². The Bertz CT molecular complexity index is 445. The number of hydrogen-bond donors (Lipinski definition) is 1. The number of nitrogens with one attached hydrogen (secondary N) is 1. The van der Waals surface area contributed by atoms with Gasteiger partial charge in [0.15, 0.2) is 0 Å². The van der Waals surface area contributed by atoms with Gasteiger partial charge < -0.3 is 10.2 Å². The second-order valence-electron chi connectivity index (χ2n) is 5.83. The molecule has 0 bridgehead atoms. The van der Waals surface area contributed by atoms with Crippen LogP contribution in [-0.4, -0.2) is 36.5 Å². The predicted molar refractivity (Wildman–Crippen MR) is 78.7 cm³/mol. The van der Waals surface area contributed by atoms with Gasteiger partial charge in [0.1, 0.15) is 0 Å². The van der Waals surface area contributed by atoms with Crippen LogP contribution >= 0.6 is 11.3 Å². The number of nitrogens with zero attached hydrogens (tertiary/aromatic N) is 1. The minimum atomic E-state index is 0.221. The standard InChI is InChI=1S/C15H22N2OS/c1-11-2-5-14(19-11)15(18)17-8-6-13(7-9-17)16-10-12-3-4-12/h2,5,12-13,16H,3-4,6-10H2,1H3. The van der Waals surface area contributed by atoms with Crippen molar-refractivity contribution in [3.8, 4) is 0 Å². The Morgan fingerprint density at radius 3 is 2.63 bits per heavy atom. The summed E-state index contributed by atoms with van der Waals surface area (Å²) < 4.78 is 0. The molecule has 0 radical (unpaired) electrons. The predicted octanol–water partition coefficient (Wildman–Crippen LogP) is 2.66. The molecule has 1 aliphatic carbocycles. The van der Waals surface area contributed by atoms with Gasteiger partial charge in [-0.3, -0.25) is 4.79 Å². The van der Waals surface area contributed by atoms with Gasteiger partial charge in [-0.05, 0) is 57.2 Å². The van der Waals surface area contributed by atoms with Crippen LogP contribution in [0.1, 0.15) is 40.2 Å². The minimum absolute atomic E-state index is 0.221. The van der Waals surface area contributed by atoms with Crippen LogP contribution in [0.5, 0.6) is 0 Å². The number of carbonyl (C=O) groups is 1. The summed E-state index contributed by atoms with van der Waals surface area (Å²) in [7, 11) is 0. The van der Waals surface area contributed by atoms with Crippen molar-refractivity contribution >= 4 is 17.2 Å². The van der Waals surface area contributed by atoms with E-state index in [1.165, 1.54) is 24.3 Å². The molecule has 0 spiro atoms. The molecule has 0 atom stereocenters. The maximum atomic E-state index is 12.3. The lowest BCUT2D eigenvalue weighted by molar-refractivity contribution is 0.0710. The molecule has 3 rings (SSSR count). The molecule has 4 heteroatoms. The molecule has 1 aromatic rings. The molecule has 0 aromatic carbocycles. The second kappa shape index (κ2) is 5.63. The van der Waals surface area contributed by atoms with E-state index in [1.807, 2.05) is 17.0 Å². The van der Waals surface area contributed by atoms with Crippen LogP contribution in [0.2, 0.25) is 0 Å². The molecular formula is C15H22N2OS. The van der Waals surface area contributed by atoms with Crippen molar-refractivity contribution in [2.75, 3.05) is 19.6 Å². The van der Waals surface area contributed by atoms with E-state index < -0.39 is 0 Å². The molecule has 1 aromatic heterocycles. The maximum absolute atomic E-state index is 12.3. The number of thiophene rings is 1. The Labute approximate surface area is 119 Å². The average molecular weight is 278 g/mol. The first-order chi connectivity index (χ1) is 9.22. The molecule has 1 N–H and O–H groups in total. The van der Waals surface area contributed by atoms with Crippen LogP contribution in [0.3, 0.4) is 0 Å². The first-order valence-corrected chi connectivity index (χ1v) is 8.13. The number of aryl methyl sites for hydroxylation is 1. The van der Waals surface area contributed by atoms with Gasteiger partial charge in [0.2, 0.25) is 0 Å². The van der Waals surface area contributed by atoms with Crippen molar-refractivity contribution in [3.05, 3.63) is 21.9 Å². The highest BCUT2D eigenvalue weighted by Gasteiger charge is 2.26. The topological polar surface area (TPSA) is 32.3 Å². The fourth-order valence-corrected chi connectivity index (χ4v) is 3.48. The Hall–Kier alpha value is -0.870. The van der Waals surface area contributed by atoms with Gasteiger partial charge in [-0.15, -0.1) is 11.3 Å². The van der Waals surface area contributed by atoms with Crippen LogP contribution in [-0.2, 0) is 0 Å². The van der Waals surface area contributed by atoms with Crippen LogP contribution < -0.4 is 5.32 Å². The van der Waals surface area contributed by atoms with Crippen molar-refractivity contribution in [2.45, 2.75) is 38.6 Å². The molecule has 0 unspecified atom stereocenters. The van der Waals surface area contributed by atoms with E-state index in [4.69, 9.17) is 0 Å². The van der Waals surface area contributed by atoms with Crippen molar-refractivity contribution in [1.82, 2.24) is 10.2 Å². The highest BCUT2D eigenvalue weighted by atomic mass is 32.1. The SMILES string of the molecule is Cc1ccc(C(=O)N2CCC(NCC3CC3)CC2)s1. The Kier molecular flexibility index (Phi) is 3.89. The Balaban J connectivity index is 1.47. The van der Waals surface area contributed by atoms with Crippen LogP contribution in [0.25, 0.3) is 0 Å². The molecule has 19 heavy (non-hydrogen) atoms. The number of hydrogen-bond acceptors (Lipinski definition) is 3. The summed E-state index contributed by atoms with van der Waals surface area (Å²) in [6, 6.07) is 4.61. The molecule has 2 fully saturated rings. The van der Waals surface area contributed by atoms with E-state index in [9.17, 15) is 4.79 Å². The van der Waals surface area contributed by atoms with Crippen molar-refractivity contribution in [2.24, 2.45) is 5.92 Å². The summed E-state index contributed by atoms with van der Waals surface area (Å²) in [5.74, 6) is 1.16. The van der Waals surface area contributed by atoms with Crippen LogP contribution in [0.4, 0.5) is 0 Å². The summed E-state index contributed by atoms with van der Waals surface area (Å²) in [6.45, 7) is 5.04. The first-order valence-electron chi connectivity index (χ1n) is 7.31. The summed E-state index contributed by atoms with van der Waals surface area (Å²) in [5, 5.41) is 3.65. The van der Waals surface area contributed by atoms with E-state index in [0.717, 1.165) is 36.7 Å². The van der Waals surface area contributed by atoms with Crippen LogP contribution in [0, 0.1) is 12.8 Å². The van der Waals surface area contributed by atoms with Crippen molar-refractivity contribution in [1.29, 1.82) is 0 Å². The normalized spacial score (nSPS) is 20.8. The molecule has 2 heterocycles. The molecular weight excluding hydrogens is 256 g/mol. The number of carbonyl (C=O) groups excluding carboxylic acids is 1. The van der Waals surface area contributed by atoms with Gasteiger partial charge in [-0.25, -0.2) is 0 Å². The fourth-order valence-electron chi connectivity index (χ4n) is 2.65. The highest BCUT2D eigenvalue weighted by molar-refractivity contribution is 7.13. The van der Waals surface area contributed by atoms with E-state index in [0.29, 0.717) is 6.04 Å². The van der Waals surface area contributed by atoms with E-state index in [2.05, 4.69) is 12.2 Å². The number of piperidine rings is 1. The molecule has 1 aliphatic heterocycles. The van der Waals surface area contributed by atoms with Gasteiger partial charge in [-0.2, -0.15) is 0 Å². The van der Waals surface area contributed by atoms with Crippen molar-refractivity contribution < 1.29 is 4.79 Å². The largest absolute Gasteiger partial charge is 0.338 e. The molecule has 1 saturated heterocycles.